The standard InChI is InChI=1S/C27H34N4O2/c1-20-24(17-29-30(20)3)18-31-15-5-14-27(19-31,26(32)28-2)16-21-6-8-22(9-7-21)23-10-12-25(33-4)13-11-23/h6-13,17H,5,14-16,18-19H2,1-4H3,(H,28,32)/t27-/m0/s1. The Labute approximate surface area is 196 Å². The molecule has 33 heavy (non-hydrogen) atoms. The van der Waals surface area contributed by atoms with Crippen LogP contribution in [0.2, 0.25) is 0 Å². The molecule has 1 aliphatic rings. The summed E-state index contributed by atoms with van der Waals surface area (Å²) in [5.74, 6) is 0.987. The van der Waals surface area contributed by atoms with E-state index in [2.05, 4.69) is 58.6 Å². The van der Waals surface area contributed by atoms with Crippen LogP contribution in [0, 0.1) is 12.3 Å². The van der Waals surface area contributed by atoms with E-state index in [1.807, 2.05) is 30.1 Å². The number of rotatable bonds is 7. The molecule has 0 aliphatic carbocycles. The summed E-state index contributed by atoms with van der Waals surface area (Å²) in [6.45, 7) is 4.68. The lowest BCUT2D eigenvalue weighted by atomic mass is 9.74. The maximum atomic E-state index is 13.1. The van der Waals surface area contributed by atoms with Crippen molar-refractivity contribution < 1.29 is 9.53 Å². The van der Waals surface area contributed by atoms with Gasteiger partial charge < -0.3 is 10.1 Å². The second kappa shape index (κ2) is 9.79. The molecule has 1 aliphatic heterocycles. The lowest BCUT2D eigenvalue weighted by Crippen LogP contribution is -2.52. The van der Waals surface area contributed by atoms with Gasteiger partial charge in [-0.25, -0.2) is 0 Å². The van der Waals surface area contributed by atoms with E-state index < -0.39 is 5.41 Å². The van der Waals surface area contributed by atoms with E-state index in [1.165, 1.54) is 16.8 Å². The maximum Gasteiger partial charge on any atom is 0.227 e. The number of carbonyl (C=O) groups excluding carboxylic acids is 1. The molecule has 1 saturated heterocycles. The highest BCUT2D eigenvalue weighted by Crippen LogP contribution is 2.35. The summed E-state index contributed by atoms with van der Waals surface area (Å²) in [4.78, 5) is 15.6. The van der Waals surface area contributed by atoms with Gasteiger partial charge in [-0.15, -0.1) is 0 Å². The molecule has 0 bridgehead atoms. The zero-order valence-corrected chi connectivity index (χ0v) is 20.1. The predicted molar refractivity (Wildman–Crippen MR) is 131 cm³/mol. The summed E-state index contributed by atoms with van der Waals surface area (Å²) >= 11 is 0. The molecule has 1 N–H and O–H groups in total. The zero-order valence-electron chi connectivity index (χ0n) is 20.1. The van der Waals surface area contributed by atoms with Gasteiger partial charge in [0, 0.05) is 38.4 Å². The van der Waals surface area contributed by atoms with Crippen LogP contribution in [-0.4, -0.2) is 47.8 Å². The largest absolute Gasteiger partial charge is 0.497 e. The molecule has 2 heterocycles. The van der Waals surface area contributed by atoms with E-state index >= 15 is 0 Å². The number of benzene rings is 2. The van der Waals surface area contributed by atoms with Crippen LogP contribution < -0.4 is 10.1 Å². The van der Waals surface area contributed by atoms with Crippen molar-refractivity contribution in [3.8, 4) is 16.9 Å². The van der Waals surface area contributed by atoms with Crippen LogP contribution in [0.4, 0.5) is 0 Å². The Morgan fingerprint density at radius 2 is 1.79 bits per heavy atom. The number of amides is 1. The minimum Gasteiger partial charge on any atom is -0.497 e. The van der Waals surface area contributed by atoms with Crippen LogP contribution >= 0.6 is 0 Å². The van der Waals surface area contributed by atoms with Gasteiger partial charge in [0.25, 0.3) is 0 Å². The van der Waals surface area contributed by atoms with Crippen molar-refractivity contribution in [3.05, 3.63) is 71.5 Å². The first-order valence-electron chi connectivity index (χ1n) is 11.6. The fraction of sp³-hybridized carbons (Fsp3) is 0.407. The third kappa shape index (κ3) is 4.96. The first-order chi connectivity index (χ1) is 15.9. The SMILES string of the molecule is CNC(=O)[C@]1(Cc2ccc(-c3ccc(OC)cc3)cc2)CCCN(Cc2cnn(C)c2C)C1. The van der Waals surface area contributed by atoms with Crippen molar-refractivity contribution in [1.82, 2.24) is 20.0 Å². The van der Waals surface area contributed by atoms with Crippen molar-refractivity contribution in [1.29, 1.82) is 0 Å². The van der Waals surface area contributed by atoms with Crippen molar-refractivity contribution in [3.63, 3.8) is 0 Å². The first kappa shape index (κ1) is 23.1. The number of carbonyl (C=O) groups is 1. The minimum atomic E-state index is -0.426. The van der Waals surface area contributed by atoms with Crippen molar-refractivity contribution >= 4 is 5.91 Å². The Bertz CT molecular complexity index is 1090. The minimum absolute atomic E-state index is 0.134. The Hall–Kier alpha value is -3.12. The summed E-state index contributed by atoms with van der Waals surface area (Å²) in [6.07, 6.45) is 4.59. The third-order valence-corrected chi connectivity index (χ3v) is 7.02. The molecule has 6 heteroatoms. The van der Waals surface area contributed by atoms with Gasteiger partial charge in [-0.05, 0) is 61.6 Å². The number of nitrogens with one attached hydrogen (secondary N) is 1. The van der Waals surface area contributed by atoms with Gasteiger partial charge in [0.2, 0.25) is 5.91 Å². The quantitative estimate of drug-likeness (QED) is 0.597. The molecule has 1 atom stereocenters. The molecule has 3 aromatic rings. The van der Waals surface area contributed by atoms with Gasteiger partial charge in [-0.2, -0.15) is 5.10 Å². The Balaban J connectivity index is 1.52. The molecule has 174 valence electrons. The van der Waals surface area contributed by atoms with Gasteiger partial charge in [-0.3, -0.25) is 14.4 Å². The normalized spacial score (nSPS) is 18.8. The molecule has 1 amide bonds. The average Bonchev–Trinajstić information content (AvgIpc) is 3.16. The average molecular weight is 447 g/mol. The Kier molecular flexibility index (Phi) is 6.84. The van der Waals surface area contributed by atoms with Crippen LogP contribution in [0.15, 0.2) is 54.7 Å². The number of aryl methyl sites for hydroxylation is 1. The van der Waals surface area contributed by atoms with Crippen molar-refractivity contribution in [2.75, 3.05) is 27.2 Å². The molecule has 0 spiro atoms. The second-order valence-electron chi connectivity index (χ2n) is 9.15. The molecule has 2 aromatic carbocycles. The number of likely N-dealkylation sites (tertiary alicyclic amines) is 1. The summed E-state index contributed by atoms with van der Waals surface area (Å²) in [5, 5.41) is 7.33. The smallest absolute Gasteiger partial charge is 0.227 e. The molecule has 6 nitrogen and oxygen atoms in total. The molecule has 0 unspecified atom stereocenters. The molecule has 1 aromatic heterocycles. The highest BCUT2D eigenvalue weighted by Gasteiger charge is 2.41. The van der Waals surface area contributed by atoms with E-state index in [0.29, 0.717) is 0 Å². The maximum absolute atomic E-state index is 13.1. The van der Waals surface area contributed by atoms with Crippen LogP contribution in [0.1, 0.15) is 29.7 Å². The van der Waals surface area contributed by atoms with Gasteiger partial charge in [-0.1, -0.05) is 36.4 Å². The number of nitrogens with zero attached hydrogens (tertiary/aromatic N) is 3. The van der Waals surface area contributed by atoms with Gasteiger partial charge in [0.15, 0.2) is 0 Å². The fourth-order valence-corrected chi connectivity index (χ4v) is 4.97. The van der Waals surface area contributed by atoms with Gasteiger partial charge >= 0.3 is 0 Å². The molecule has 4 rings (SSSR count). The monoisotopic (exact) mass is 446 g/mol. The number of hydrogen-bond donors (Lipinski definition) is 1. The highest BCUT2D eigenvalue weighted by atomic mass is 16.5. The number of aromatic nitrogens is 2. The van der Waals surface area contributed by atoms with Gasteiger partial charge in [0.05, 0.1) is 18.7 Å². The van der Waals surface area contributed by atoms with Crippen LogP contribution in [0.25, 0.3) is 11.1 Å². The topological polar surface area (TPSA) is 59.4 Å². The van der Waals surface area contributed by atoms with E-state index in [1.54, 1.807) is 14.2 Å². The van der Waals surface area contributed by atoms with Crippen LogP contribution in [0.3, 0.4) is 0 Å². The summed E-state index contributed by atoms with van der Waals surface area (Å²) in [5.41, 5.74) is 5.49. The zero-order chi connectivity index (χ0) is 23.4. The molecule has 1 fully saturated rings. The number of ether oxygens (including phenoxy) is 1. The number of methoxy groups -OCH3 is 1. The number of piperidine rings is 1. The molecule has 0 saturated carbocycles. The first-order valence-corrected chi connectivity index (χ1v) is 11.6. The summed E-state index contributed by atoms with van der Waals surface area (Å²) in [7, 11) is 5.40. The van der Waals surface area contributed by atoms with Crippen LogP contribution in [-0.2, 0) is 24.8 Å². The van der Waals surface area contributed by atoms with Crippen LogP contribution in [0.5, 0.6) is 5.75 Å². The predicted octanol–water partition coefficient (Wildman–Crippen LogP) is 3.98. The van der Waals surface area contributed by atoms with E-state index in [4.69, 9.17) is 4.74 Å². The third-order valence-electron chi connectivity index (χ3n) is 7.02. The van der Waals surface area contributed by atoms with E-state index in [0.717, 1.165) is 55.8 Å². The van der Waals surface area contributed by atoms with Crippen molar-refractivity contribution in [2.24, 2.45) is 12.5 Å². The van der Waals surface area contributed by atoms with Gasteiger partial charge in [0.1, 0.15) is 5.75 Å². The molecule has 0 radical (unpaired) electrons. The summed E-state index contributed by atoms with van der Waals surface area (Å²) in [6, 6.07) is 16.7. The van der Waals surface area contributed by atoms with E-state index in [9.17, 15) is 4.79 Å². The molecular formula is C27H34N4O2. The Morgan fingerprint density at radius 3 is 2.36 bits per heavy atom. The second-order valence-corrected chi connectivity index (χ2v) is 9.15. The van der Waals surface area contributed by atoms with Crippen molar-refractivity contribution in [2.45, 2.75) is 32.7 Å². The number of hydrogen-bond acceptors (Lipinski definition) is 4. The lowest BCUT2D eigenvalue weighted by Gasteiger charge is -2.41. The fourth-order valence-electron chi connectivity index (χ4n) is 4.97. The lowest BCUT2D eigenvalue weighted by molar-refractivity contribution is -0.134. The molecular weight excluding hydrogens is 412 g/mol. The summed E-state index contributed by atoms with van der Waals surface area (Å²) < 4.78 is 7.17. The van der Waals surface area contributed by atoms with E-state index in [-0.39, 0.29) is 5.91 Å². The highest BCUT2D eigenvalue weighted by molar-refractivity contribution is 5.83. The Morgan fingerprint density at radius 1 is 1.12 bits per heavy atom.